The Bertz CT molecular complexity index is 457. The van der Waals surface area contributed by atoms with Gasteiger partial charge in [0.1, 0.15) is 5.75 Å². The maximum Gasteiger partial charge on any atom is 0.119 e. The normalized spacial score (nSPS) is 19.3. The molecular formula is C17H23NO. The fraction of sp³-hybridized carbons (Fsp3) is 0.588. The van der Waals surface area contributed by atoms with Crippen LogP contribution in [-0.2, 0) is 5.41 Å². The van der Waals surface area contributed by atoms with Crippen LogP contribution in [0.25, 0.3) is 0 Å². The van der Waals surface area contributed by atoms with Gasteiger partial charge in [0.25, 0.3) is 0 Å². The van der Waals surface area contributed by atoms with E-state index >= 15 is 0 Å². The van der Waals surface area contributed by atoms with E-state index in [0.29, 0.717) is 12.0 Å². The van der Waals surface area contributed by atoms with Gasteiger partial charge in [-0.1, -0.05) is 38.8 Å². The summed E-state index contributed by atoms with van der Waals surface area (Å²) in [6, 6.07) is 10.6. The molecule has 0 atom stereocenters. The van der Waals surface area contributed by atoms with E-state index in [1.54, 1.807) is 0 Å². The standard InChI is InChI=1S/C17H23NO/c1-4-16(5-2)11-17(12-16,13-18)14-7-9-15(10-8-14)19-6-3/h7-10H,4-6,11-12H2,1-3H3. The number of benzene rings is 1. The molecule has 102 valence electrons. The van der Waals surface area contributed by atoms with Gasteiger partial charge in [0.05, 0.1) is 18.1 Å². The molecule has 0 radical (unpaired) electrons. The van der Waals surface area contributed by atoms with Crippen molar-refractivity contribution in [2.45, 2.75) is 51.9 Å². The van der Waals surface area contributed by atoms with Crippen molar-refractivity contribution >= 4 is 0 Å². The lowest BCUT2D eigenvalue weighted by Gasteiger charge is -2.53. The smallest absolute Gasteiger partial charge is 0.119 e. The van der Waals surface area contributed by atoms with Crippen LogP contribution in [0, 0.1) is 16.7 Å². The number of ether oxygens (including phenoxy) is 1. The molecule has 1 aliphatic rings. The molecular weight excluding hydrogens is 234 g/mol. The Labute approximate surface area is 116 Å². The van der Waals surface area contributed by atoms with Gasteiger partial charge in [-0.05, 0) is 42.9 Å². The monoisotopic (exact) mass is 257 g/mol. The summed E-state index contributed by atoms with van der Waals surface area (Å²) in [4.78, 5) is 0. The van der Waals surface area contributed by atoms with Crippen molar-refractivity contribution in [1.82, 2.24) is 0 Å². The van der Waals surface area contributed by atoms with Crippen molar-refractivity contribution in [2.24, 2.45) is 5.41 Å². The Balaban J connectivity index is 2.18. The van der Waals surface area contributed by atoms with E-state index in [4.69, 9.17) is 4.74 Å². The Hall–Kier alpha value is -1.49. The van der Waals surface area contributed by atoms with Crippen molar-refractivity contribution in [3.05, 3.63) is 29.8 Å². The second kappa shape index (κ2) is 5.25. The zero-order valence-electron chi connectivity index (χ0n) is 12.2. The Kier molecular flexibility index (Phi) is 3.85. The molecule has 1 fully saturated rings. The molecule has 0 saturated heterocycles. The van der Waals surface area contributed by atoms with E-state index in [-0.39, 0.29) is 5.41 Å². The molecule has 0 aliphatic heterocycles. The average molecular weight is 257 g/mol. The lowest BCUT2D eigenvalue weighted by Crippen LogP contribution is -2.48. The highest BCUT2D eigenvalue weighted by molar-refractivity contribution is 5.40. The van der Waals surface area contributed by atoms with E-state index < -0.39 is 0 Å². The molecule has 2 nitrogen and oxygen atoms in total. The van der Waals surface area contributed by atoms with E-state index in [1.807, 2.05) is 19.1 Å². The number of rotatable bonds is 5. The molecule has 1 saturated carbocycles. The summed E-state index contributed by atoms with van der Waals surface area (Å²) in [5.74, 6) is 0.885. The molecule has 0 unspecified atom stereocenters. The molecule has 1 aliphatic carbocycles. The first-order chi connectivity index (χ1) is 9.13. The summed E-state index contributed by atoms with van der Waals surface area (Å²) in [5, 5.41) is 9.60. The Morgan fingerprint density at radius 3 is 2.11 bits per heavy atom. The van der Waals surface area contributed by atoms with Gasteiger partial charge >= 0.3 is 0 Å². The third kappa shape index (κ3) is 2.34. The third-order valence-electron chi connectivity index (χ3n) is 4.79. The van der Waals surface area contributed by atoms with E-state index in [2.05, 4.69) is 32.0 Å². The SMILES string of the molecule is CCOc1ccc(C2(C#N)CC(CC)(CC)C2)cc1. The fourth-order valence-electron chi connectivity index (χ4n) is 3.36. The van der Waals surface area contributed by atoms with Gasteiger partial charge in [-0.2, -0.15) is 5.26 Å². The minimum Gasteiger partial charge on any atom is -0.494 e. The molecule has 1 aromatic carbocycles. The van der Waals surface area contributed by atoms with E-state index in [1.165, 1.54) is 12.8 Å². The summed E-state index contributed by atoms with van der Waals surface area (Å²) >= 11 is 0. The zero-order chi connectivity index (χ0) is 13.9. The van der Waals surface area contributed by atoms with Gasteiger partial charge in [0, 0.05) is 0 Å². The van der Waals surface area contributed by atoms with E-state index in [9.17, 15) is 5.26 Å². The summed E-state index contributed by atoms with van der Waals surface area (Å²) < 4.78 is 5.46. The maximum atomic E-state index is 9.60. The summed E-state index contributed by atoms with van der Waals surface area (Å²) in [5.41, 5.74) is 1.27. The number of hydrogen-bond acceptors (Lipinski definition) is 2. The third-order valence-corrected chi connectivity index (χ3v) is 4.79. The molecule has 2 heteroatoms. The first kappa shape index (κ1) is 13.9. The minimum absolute atomic E-state index is 0.267. The van der Waals surface area contributed by atoms with Gasteiger partial charge in [-0.15, -0.1) is 0 Å². The number of nitrogens with zero attached hydrogens (tertiary/aromatic N) is 1. The molecule has 0 amide bonds. The molecule has 1 aromatic rings. The van der Waals surface area contributed by atoms with Crippen LogP contribution in [0.5, 0.6) is 5.75 Å². The first-order valence-corrected chi connectivity index (χ1v) is 7.28. The maximum absolute atomic E-state index is 9.60. The zero-order valence-corrected chi connectivity index (χ0v) is 12.2. The summed E-state index contributed by atoms with van der Waals surface area (Å²) in [6.45, 7) is 7.14. The van der Waals surface area contributed by atoms with Gasteiger partial charge in [-0.25, -0.2) is 0 Å². The van der Waals surface area contributed by atoms with Gasteiger partial charge in [0.15, 0.2) is 0 Å². The largest absolute Gasteiger partial charge is 0.494 e. The average Bonchev–Trinajstić information content (AvgIpc) is 2.41. The number of hydrogen-bond donors (Lipinski definition) is 0. The topological polar surface area (TPSA) is 33.0 Å². The molecule has 0 spiro atoms. The summed E-state index contributed by atoms with van der Waals surface area (Å²) in [7, 11) is 0. The number of nitriles is 1. The summed E-state index contributed by atoms with van der Waals surface area (Å²) in [6.07, 6.45) is 4.34. The molecule has 0 aromatic heterocycles. The molecule has 0 bridgehead atoms. The lowest BCUT2D eigenvalue weighted by atomic mass is 9.49. The van der Waals surface area contributed by atoms with Crippen LogP contribution in [0.15, 0.2) is 24.3 Å². The molecule has 19 heavy (non-hydrogen) atoms. The first-order valence-electron chi connectivity index (χ1n) is 7.28. The lowest BCUT2D eigenvalue weighted by molar-refractivity contribution is 0.0479. The van der Waals surface area contributed by atoms with Crippen LogP contribution >= 0.6 is 0 Å². The fourth-order valence-corrected chi connectivity index (χ4v) is 3.36. The van der Waals surface area contributed by atoms with Crippen molar-refractivity contribution in [2.75, 3.05) is 6.61 Å². The van der Waals surface area contributed by atoms with Crippen LogP contribution in [0.4, 0.5) is 0 Å². The van der Waals surface area contributed by atoms with E-state index in [0.717, 1.165) is 24.2 Å². The quantitative estimate of drug-likeness (QED) is 0.781. The van der Waals surface area contributed by atoms with Crippen LogP contribution in [0.3, 0.4) is 0 Å². The minimum atomic E-state index is -0.267. The Morgan fingerprint density at radius 1 is 1.11 bits per heavy atom. The van der Waals surface area contributed by atoms with Gasteiger partial charge in [0.2, 0.25) is 0 Å². The molecule has 0 heterocycles. The highest BCUT2D eigenvalue weighted by atomic mass is 16.5. The van der Waals surface area contributed by atoms with Gasteiger partial charge < -0.3 is 4.74 Å². The predicted octanol–water partition coefficient (Wildman–Crippen LogP) is 4.45. The predicted molar refractivity (Wildman–Crippen MR) is 77.2 cm³/mol. The highest BCUT2D eigenvalue weighted by Crippen LogP contribution is 2.58. The van der Waals surface area contributed by atoms with Crippen LogP contribution in [0.1, 0.15) is 52.0 Å². The van der Waals surface area contributed by atoms with Gasteiger partial charge in [-0.3, -0.25) is 0 Å². The van der Waals surface area contributed by atoms with Crippen molar-refractivity contribution in [3.8, 4) is 11.8 Å². The highest BCUT2D eigenvalue weighted by Gasteiger charge is 2.53. The second-order valence-corrected chi connectivity index (χ2v) is 5.71. The van der Waals surface area contributed by atoms with Crippen LogP contribution in [-0.4, -0.2) is 6.61 Å². The van der Waals surface area contributed by atoms with Crippen LogP contribution in [0.2, 0.25) is 0 Å². The molecule has 0 N–H and O–H groups in total. The van der Waals surface area contributed by atoms with Crippen molar-refractivity contribution in [1.29, 1.82) is 5.26 Å². The second-order valence-electron chi connectivity index (χ2n) is 5.71. The van der Waals surface area contributed by atoms with Crippen LogP contribution < -0.4 is 4.74 Å². The van der Waals surface area contributed by atoms with Crippen molar-refractivity contribution < 1.29 is 4.74 Å². The molecule has 2 rings (SSSR count). The Morgan fingerprint density at radius 2 is 1.68 bits per heavy atom. The van der Waals surface area contributed by atoms with Crippen molar-refractivity contribution in [3.63, 3.8) is 0 Å².